The van der Waals surface area contributed by atoms with Crippen molar-refractivity contribution >= 4 is 23.5 Å². The minimum absolute atomic E-state index is 0.0533. The monoisotopic (exact) mass is 409 g/mol. The number of hydrogen-bond donors (Lipinski definition) is 0. The van der Waals surface area contributed by atoms with E-state index in [1.54, 1.807) is 13.3 Å². The predicted molar refractivity (Wildman–Crippen MR) is 119 cm³/mol. The van der Waals surface area contributed by atoms with Crippen molar-refractivity contribution < 1.29 is 14.2 Å². The third kappa shape index (κ3) is 5.75. The fraction of sp³-hybridized carbons (Fsp3) is 0.208. The van der Waals surface area contributed by atoms with E-state index in [2.05, 4.69) is 11.9 Å². The van der Waals surface area contributed by atoms with Gasteiger partial charge in [0.05, 0.1) is 23.9 Å². The first-order valence-corrected chi connectivity index (χ1v) is 9.88. The van der Waals surface area contributed by atoms with Gasteiger partial charge in [-0.25, -0.2) is 0 Å². The second-order valence-corrected chi connectivity index (χ2v) is 6.95. The van der Waals surface area contributed by atoms with Gasteiger partial charge in [0.1, 0.15) is 11.5 Å². The quantitative estimate of drug-likeness (QED) is 0.373. The molecule has 0 fully saturated rings. The Labute approximate surface area is 176 Å². The Balaban J connectivity index is 1.73. The van der Waals surface area contributed by atoms with Crippen molar-refractivity contribution in [1.82, 2.24) is 0 Å². The van der Waals surface area contributed by atoms with E-state index in [4.69, 9.17) is 25.8 Å². The molecule has 5 heteroatoms. The van der Waals surface area contributed by atoms with Crippen molar-refractivity contribution in [3.8, 4) is 23.0 Å². The maximum absolute atomic E-state index is 6.41. The van der Waals surface area contributed by atoms with Crippen LogP contribution in [0, 0.1) is 0 Å². The molecule has 3 aromatic rings. The number of para-hydroxylation sites is 1. The van der Waals surface area contributed by atoms with Crippen LogP contribution in [0.1, 0.15) is 25.8 Å². The first-order valence-electron chi connectivity index (χ1n) is 9.50. The molecule has 3 rings (SSSR count). The summed E-state index contributed by atoms with van der Waals surface area (Å²) in [4.78, 5) is 4.51. The van der Waals surface area contributed by atoms with E-state index in [1.807, 2.05) is 73.7 Å². The predicted octanol–water partition coefficient (Wildman–Crippen LogP) is 7.07. The SMILES string of the molecule is CC[C@@H](C)Oc1c(Cl)cc(C=Nc2ccc(Oc3ccccc3)cc2)cc1OC. The summed E-state index contributed by atoms with van der Waals surface area (Å²) in [6.45, 7) is 4.05. The van der Waals surface area contributed by atoms with Gasteiger partial charge in [-0.3, -0.25) is 4.99 Å². The molecule has 0 unspecified atom stereocenters. The Hall–Kier alpha value is -2.98. The molecule has 4 nitrogen and oxygen atoms in total. The van der Waals surface area contributed by atoms with Crippen LogP contribution in [-0.2, 0) is 0 Å². The van der Waals surface area contributed by atoms with E-state index in [-0.39, 0.29) is 6.10 Å². The van der Waals surface area contributed by atoms with Crippen LogP contribution >= 0.6 is 11.6 Å². The number of benzene rings is 3. The molecule has 0 heterocycles. The second kappa shape index (κ2) is 9.99. The number of halogens is 1. The molecule has 0 spiro atoms. The van der Waals surface area contributed by atoms with Crippen LogP contribution in [0.3, 0.4) is 0 Å². The summed E-state index contributed by atoms with van der Waals surface area (Å²) in [6, 6.07) is 20.9. The third-order valence-electron chi connectivity index (χ3n) is 4.32. The van der Waals surface area contributed by atoms with Crippen LogP contribution in [0.15, 0.2) is 71.7 Å². The minimum Gasteiger partial charge on any atom is -0.493 e. The lowest BCUT2D eigenvalue weighted by Gasteiger charge is -2.17. The zero-order valence-electron chi connectivity index (χ0n) is 16.8. The second-order valence-electron chi connectivity index (χ2n) is 6.54. The molecule has 0 aromatic heterocycles. The van der Waals surface area contributed by atoms with E-state index in [0.717, 1.165) is 29.2 Å². The van der Waals surface area contributed by atoms with Crippen molar-refractivity contribution in [1.29, 1.82) is 0 Å². The number of ether oxygens (including phenoxy) is 3. The number of hydrogen-bond acceptors (Lipinski definition) is 4. The van der Waals surface area contributed by atoms with Crippen LogP contribution in [0.4, 0.5) is 5.69 Å². The molecule has 3 aromatic carbocycles. The molecular formula is C24H24ClNO3. The van der Waals surface area contributed by atoms with Gasteiger partial charge in [0.25, 0.3) is 0 Å². The lowest BCUT2D eigenvalue weighted by molar-refractivity contribution is 0.208. The fourth-order valence-electron chi connectivity index (χ4n) is 2.59. The zero-order valence-corrected chi connectivity index (χ0v) is 17.5. The highest BCUT2D eigenvalue weighted by Crippen LogP contribution is 2.37. The number of nitrogens with zero attached hydrogens (tertiary/aromatic N) is 1. The minimum atomic E-state index is 0.0533. The highest BCUT2D eigenvalue weighted by Gasteiger charge is 2.14. The normalized spacial score (nSPS) is 12.0. The third-order valence-corrected chi connectivity index (χ3v) is 4.60. The molecule has 0 amide bonds. The fourth-order valence-corrected chi connectivity index (χ4v) is 2.85. The Morgan fingerprint density at radius 1 is 1.00 bits per heavy atom. The molecule has 0 aliphatic carbocycles. The van der Waals surface area contributed by atoms with Gasteiger partial charge < -0.3 is 14.2 Å². The molecule has 0 bridgehead atoms. The van der Waals surface area contributed by atoms with Crippen LogP contribution in [-0.4, -0.2) is 19.4 Å². The van der Waals surface area contributed by atoms with Gasteiger partial charge >= 0.3 is 0 Å². The zero-order chi connectivity index (χ0) is 20.6. The molecule has 0 radical (unpaired) electrons. The molecule has 0 saturated carbocycles. The van der Waals surface area contributed by atoms with Crippen molar-refractivity contribution in [3.63, 3.8) is 0 Å². The van der Waals surface area contributed by atoms with Crippen LogP contribution in [0.5, 0.6) is 23.0 Å². The van der Waals surface area contributed by atoms with E-state index >= 15 is 0 Å². The van der Waals surface area contributed by atoms with Crippen molar-refractivity contribution in [2.75, 3.05) is 7.11 Å². The highest BCUT2D eigenvalue weighted by atomic mass is 35.5. The van der Waals surface area contributed by atoms with Crippen molar-refractivity contribution in [3.05, 3.63) is 77.3 Å². The first kappa shape index (κ1) is 20.7. The summed E-state index contributed by atoms with van der Waals surface area (Å²) in [6.07, 6.45) is 2.68. The maximum atomic E-state index is 6.41. The summed E-state index contributed by atoms with van der Waals surface area (Å²) in [5.74, 6) is 2.70. The summed E-state index contributed by atoms with van der Waals surface area (Å²) in [5.41, 5.74) is 1.63. The number of aliphatic imine (C=N–C) groups is 1. The standard InChI is InChI=1S/C24H24ClNO3/c1-4-17(2)28-24-22(25)14-18(15-23(24)27-3)16-26-19-10-12-21(13-11-19)29-20-8-6-5-7-9-20/h5-17H,4H2,1-3H3/t17-/m1/s1. The van der Waals surface area contributed by atoms with Gasteiger partial charge in [-0.05, 0) is 67.4 Å². The summed E-state index contributed by atoms with van der Waals surface area (Å²) in [7, 11) is 1.60. The number of methoxy groups -OCH3 is 1. The molecule has 0 aliphatic heterocycles. The molecular weight excluding hydrogens is 386 g/mol. The Morgan fingerprint density at radius 3 is 2.34 bits per heavy atom. The Kier molecular flexibility index (Phi) is 7.14. The van der Waals surface area contributed by atoms with Crippen molar-refractivity contribution in [2.24, 2.45) is 4.99 Å². The first-order chi connectivity index (χ1) is 14.1. The van der Waals surface area contributed by atoms with E-state index < -0.39 is 0 Å². The van der Waals surface area contributed by atoms with E-state index in [0.29, 0.717) is 16.5 Å². The maximum Gasteiger partial charge on any atom is 0.180 e. The van der Waals surface area contributed by atoms with Crippen LogP contribution in [0.2, 0.25) is 5.02 Å². The summed E-state index contributed by atoms with van der Waals surface area (Å²) >= 11 is 6.41. The lowest BCUT2D eigenvalue weighted by Crippen LogP contribution is -2.11. The van der Waals surface area contributed by atoms with Gasteiger partial charge in [0, 0.05) is 6.21 Å². The molecule has 1 atom stereocenters. The van der Waals surface area contributed by atoms with Gasteiger partial charge in [0.2, 0.25) is 0 Å². The average molecular weight is 410 g/mol. The van der Waals surface area contributed by atoms with E-state index in [9.17, 15) is 0 Å². The largest absolute Gasteiger partial charge is 0.493 e. The molecule has 0 saturated heterocycles. The van der Waals surface area contributed by atoms with E-state index in [1.165, 1.54) is 0 Å². The topological polar surface area (TPSA) is 40.0 Å². The Morgan fingerprint density at radius 2 is 1.69 bits per heavy atom. The highest BCUT2D eigenvalue weighted by molar-refractivity contribution is 6.32. The molecule has 0 N–H and O–H groups in total. The van der Waals surface area contributed by atoms with Crippen LogP contribution in [0.25, 0.3) is 0 Å². The summed E-state index contributed by atoms with van der Waals surface area (Å²) in [5, 5.41) is 0.498. The van der Waals surface area contributed by atoms with Gasteiger partial charge in [-0.1, -0.05) is 36.7 Å². The summed E-state index contributed by atoms with van der Waals surface area (Å²) < 4.78 is 17.1. The Bertz CT molecular complexity index is 956. The lowest BCUT2D eigenvalue weighted by atomic mass is 10.2. The molecule has 150 valence electrons. The number of rotatable bonds is 8. The van der Waals surface area contributed by atoms with Gasteiger partial charge in [-0.15, -0.1) is 0 Å². The average Bonchev–Trinajstić information content (AvgIpc) is 2.75. The smallest absolute Gasteiger partial charge is 0.180 e. The van der Waals surface area contributed by atoms with Gasteiger partial charge in [-0.2, -0.15) is 0 Å². The molecule has 0 aliphatic rings. The van der Waals surface area contributed by atoms with Crippen molar-refractivity contribution in [2.45, 2.75) is 26.4 Å². The molecule has 29 heavy (non-hydrogen) atoms. The van der Waals surface area contributed by atoms with Gasteiger partial charge in [0.15, 0.2) is 11.5 Å². The van der Waals surface area contributed by atoms with Crippen LogP contribution < -0.4 is 14.2 Å².